The molecule has 0 saturated heterocycles. The average molecular weight is 704 g/mol. The molecule has 1 aliphatic heterocycles. The predicted octanol–water partition coefficient (Wildman–Crippen LogP) is 6.02. The van der Waals surface area contributed by atoms with E-state index in [2.05, 4.69) is 5.32 Å². The summed E-state index contributed by atoms with van der Waals surface area (Å²) in [6.45, 7) is -0.264. The van der Waals surface area contributed by atoms with Gasteiger partial charge in [-0.1, -0.05) is 61.7 Å². The van der Waals surface area contributed by atoms with Crippen molar-refractivity contribution < 1.29 is 36.3 Å². The first kappa shape index (κ1) is 34.9. The highest BCUT2D eigenvalue weighted by Crippen LogP contribution is 2.34. The lowest BCUT2D eigenvalue weighted by molar-refractivity contribution is -0.140. The molecule has 9 nitrogen and oxygen atoms in total. The zero-order chi connectivity index (χ0) is 35.1. The molecule has 0 bridgehead atoms. The van der Waals surface area contributed by atoms with Crippen LogP contribution in [0.3, 0.4) is 0 Å². The number of nitrogens with zero attached hydrogens (tertiary/aromatic N) is 2. The fraction of sp³-hybridized carbons (Fsp3) is 0.316. The zero-order valence-corrected chi connectivity index (χ0v) is 28.3. The van der Waals surface area contributed by atoms with E-state index in [0.29, 0.717) is 17.9 Å². The van der Waals surface area contributed by atoms with Crippen LogP contribution < -0.4 is 19.1 Å². The molecule has 50 heavy (non-hydrogen) atoms. The van der Waals surface area contributed by atoms with Gasteiger partial charge in [0.2, 0.25) is 11.8 Å². The van der Waals surface area contributed by atoms with Crippen molar-refractivity contribution in [1.82, 2.24) is 10.2 Å². The van der Waals surface area contributed by atoms with Crippen molar-refractivity contribution in [2.45, 2.75) is 62.0 Å². The van der Waals surface area contributed by atoms with Gasteiger partial charge >= 0.3 is 0 Å². The highest BCUT2D eigenvalue weighted by Gasteiger charge is 2.36. The maximum atomic E-state index is 14.7. The molecule has 1 atom stereocenters. The Balaban J connectivity index is 1.39. The largest absolute Gasteiger partial charge is 0.486 e. The number of nitrogens with one attached hydrogen (secondary N) is 1. The van der Waals surface area contributed by atoms with Crippen LogP contribution >= 0.6 is 0 Å². The third-order valence-electron chi connectivity index (χ3n) is 8.98. The van der Waals surface area contributed by atoms with Gasteiger partial charge in [-0.15, -0.1) is 0 Å². The van der Waals surface area contributed by atoms with Crippen molar-refractivity contribution >= 4 is 27.5 Å². The minimum atomic E-state index is -4.46. The summed E-state index contributed by atoms with van der Waals surface area (Å²) in [6, 6.07) is 22.7. The Bertz CT molecular complexity index is 1890. The van der Waals surface area contributed by atoms with Crippen molar-refractivity contribution in [3.8, 4) is 11.5 Å². The monoisotopic (exact) mass is 703 g/mol. The van der Waals surface area contributed by atoms with E-state index in [1.165, 1.54) is 59.5 Å². The Morgan fingerprint density at radius 3 is 2.10 bits per heavy atom. The highest BCUT2D eigenvalue weighted by atomic mass is 32.2. The Morgan fingerprint density at radius 1 is 0.780 bits per heavy atom. The van der Waals surface area contributed by atoms with Gasteiger partial charge in [-0.05, 0) is 72.5 Å². The summed E-state index contributed by atoms with van der Waals surface area (Å²) in [5, 5.41) is 3.15. The normalized spacial score (nSPS) is 15.2. The summed E-state index contributed by atoms with van der Waals surface area (Å²) in [7, 11) is -4.46. The topological polar surface area (TPSA) is 105 Å². The summed E-state index contributed by atoms with van der Waals surface area (Å²) < 4.78 is 68.8. The quantitative estimate of drug-likeness (QED) is 0.194. The summed E-state index contributed by atoms with van der Waals surface area (Å²) >= 11 is 0. The van der Waals surface area contributed by atoms with Crippen molar-refractivity contribution in [3.63, 3.8) is 0 Å². The number of carbonyl (C=O) groups excluding carboxylic acids is 2. The van der Waals surface area contributed by atoms with Crippen LogP contribution in [0.2, 0.25) is 0 Å². The summed E-state index contributed by atoms with van der Waals surface area (Å²) in [6.07, 6.45) is 4.85. The van der Waals surface area contributed by atoms with Crippen molar-refractivity contribution in [1.29, 1.82) is 0 Å². The molecule has 6 rings (SSSR count). The SMILES string of the molecule is O=C(NC1CCCCC1)[C@@H](Cc1ccccc1)N(Cc1ccc(F)cc1)C(=O)CN(c1ccc(F)cc1)S(=O)(=O)c1ccc2c(c1)OCCO2. The van der Waals surface area contributed by atoms with E-state index in [0.717, 1.165) is 54.1 Å². The van der Waals surface area contributed by atoms with Crippen LogP contribution in [0.4, 0.5) is 14.5 Å². The van der Waals surface area contributed by atoms with Crippen molar-refractivity contribution in [2.75, 3.05) is 24.1 Å². The van der Waals surface area contributed by atoms with Crippen LogP contribution in [0, 0.1) is 11.6 Å². The molecule has 1 N–H and O–H groups in total. The summed E-state index contributed by atoms with van der Waals surface area (Å²) in [5.74, 6) is -1.47. The van der Waals surface area contributed by atoms with Crippen LogP contribution in [0.1, 0.15) is 43.2 Å². The standard InChI is InChI=1S/C38H39F2N3O6S/c39-29-13-11-28(12-14-29)25-42(34(23-27-7-3-1-4-8-27)38(45)41-31-9-5-2-6-10-31)37(44)26-43(32-17-15-30(40)16-18-32)50(46,47)33-19-20-35-36(24-33)49-22-21-48-35/h1,3-4,7-8,11-20,24,31,34H,2,5-6,9-10,21-23,25-26H2,(H,41,45)/t34-/m1/s1. The average Bonchev–Trinajstić information content (AvgIpc) is 3.13. The van der Waals surface area contributed by atoms with Gasteiger partial charge in [0.05, 0.1) is 10.6 Å². The first-order chi connectivity index (χ1) is 24.2. The number of ether oxygens (including phenoxy) is 2. The number of hydrogen-bond acceptors (Lipinski definition) is 6. The van der Waals surface area contributed by atoms with E-state index < -0.39 is 40.2 Å². The van der Waals surface area contributed by atoms with Crippen LogP contribution in [-0.2, 0) is 32.6 Å². The first-order valence-electron chi connectivity index (χ1n) is 16.7. The Labute approximate surface area is 290 Å². The Morgan fingerprint density at radius 2 is 1.42 bits per heavy atom. The molecular formula is C38H39F2N3O6S. The molecule has 4 aromatic rings. The maximum Gasteiger partial charge on any atom is 0.264 e. The minimum Gasteiger partial charge on any atom is -0.486 e. The second-order valence-electron chi connectivity index (χ2n) is 12.5. The molecular weight excluding hydrogens is 664 g/mol. The summed E-state index contributed by atoms with van der Waals surface area (Å²) in [5.41, 5.74) is 1.39. The number of halogens is 2. The van der Waals surface area contributed by atoms with E-state index in [-0.39, 0.29) is 47.9 Å². The number of anilines is 1. The molecule has 2 aliphatic rings. The van der Waals surface area contributed by atoms with Crippen molar-refractivity contribution in [3.05, 3.63) is 120 Å². The molecule has 1 heterocycles. The summed E-state index contributed by atoms with van der Waals surface area (Å²) in [4.78, 5) is 30.0. The molecule has 0 radical (unpaired) electrons. The predicted molar refractivity (Wildman–Crippen MR) is 184 cm³/mol. The lowest BCUT2D eigenvalue weighted by atomic mass is 9.94. The number of rotatable bonds is 12. The fourth-order valence-corrected chi connectivity index (χ4v) is 7.76. The third kappa shape index (κ3) is 8.42. The van der Waals surface area contributed by atoms with Gasteiger partial charge in [0.25, 0.3) is 10.0 Å². The lowest BCUT2D eigenvalue weighted by Crippen LogP contribution is -2.55. The molecule has 4 aromatic carbocycles. The molecule has 1 aliphatic carbocycles. The van der Waals surface area contributed by atoms with Gasteiger partial charge in [-0.3, -0.25) is 13.9 Å². The molecule has 12 heteroatoms. The Hall–Kier alpha value is -4.97. The van der Waals surface area contributed by atoms with Gasteiger partial charge in [0.15, 0.2) is 11.5 Å². The molecule has 0 unspecified atom stereocenters. The van der Waals surface area contributed by atoms with Gasteiger partial charge < -0.3 is 19.7 Å². The van der Waals surface area contributed by atoms with Crippen LogP contribution in [-0.4, -0.2) is 57.0 Å². The van der Waals surface area contributed by atoms with E-state index in [9.17, 15) is 26.8 Å². The number of sulfonamides is 1. The second-order valence-corrected chi connectivity index (χ2v) is 14.4. The van der Waals surface area contributed by atoms with E-state index in [1.807, 2.05) is 30.3 Å². The van der Waals surface area contributed by atoms with Crippen LogP contribution in [0.15, 0.2) is 102 Å². The highest BCUT2D eigenvalue weighted by molar-refractivity contribution is 7.92. The second kappa shape index (κ2) is 15.7. The van der Waals surface area contributed by atoms with Crippen molar-refractivity contribution in [2.24, 2.45) is 0 Å². The maximum absolute atomic E-state index is 14.7. The van der Waals surface area contributed by atoms with Crippen LogP contribution in [0.25, 0.3) is 0 Å². The van der Waals surface area contributed by atoms with Gasteiger partial charge in [-0.25, -0.2) is 17.2 Å². The first-order valence-corrected chi connectivity index (χ1v) is 18.2. The molecule has 262 valence electrons. The number of benzene rings is 4. The number of fused-ring (bicyclic) bond motifs is 1. The van der Waals surface area contributed by atoms with E-state index >= 15 is 0 Å². The lowest BCUT2D eigenvalue weighted by Gasteiger charge is -2.35. The van der Waals surface area contributed by atoms with Crippen LogP contribution in [0.5, 0.6) is 11.5 Å². The van der Waals surface area contributed by atoms with Gasteiger partial charge in [0, 0.05) is 25.1 Å². The zero-order valence-electron chi connectivity index (χ0n) is 27.5. The minimum absolute atomic E-state index is 0.0441. The fourth-order valence-electron chi connectivity index (χ4n) is 6.33. The van der Waals surface area contributed by atoms with E-state index in [4.69, 9.17) is 9.47 Å². The third-order valence-corrected chi connectivity index (χ3v) is 10.8. The molecule has 1 fully saturated rings. The number of amides is 2. The van der Waals surface area contributed by atoms with Gasteiger partial charge in [0.1, 0.15) is 37.4 Å². The molecule has 0 aromatic heterocycles. The van der Waals surface area contributed by atoms with Gasteiger partial charge in [-0.2, -0.15) is 0 Å². The van der Waals surface area contributed by atoms with E-state index in [1.54, 1.807) is 0 Å². The number of carbonyl (C=O) groups is 2. The number of hydrogen-bond donors (Lipinski definition) is 1. The molecule has 0 spiro atoms. The smallest absolute Gasteiger partial charge is 0.264 e. The molecule has 1 saturated carbocycles. The molecule has 2 amide bonds. The Kier molecular flexibility index (Phi) is 11.0.